The van der Waals surface area contributed by atoms with Crippen LogP contribution in [0, 0.1) is 5.41 Å². The van der Waals surface area contributed by atoms with Crippen molar-refractivity contribution in [1.29, 1.82) is 0 Å². The molecule has 0 aliphatic heterocycles. The number of carbonyl (C=O) groups is 1. The molecule has 0 fully saturated rings. The van der Waals surface area contributed by atoms with E-state index in [2.05, 4.69) is 46.9 Å². The van der Waals surface area contributed by atoms with Gasteiger partial charge in [-0.2, -0.15) is 0 Å². The van der Waals surface area contributed by atoms with Crippen molar-refractivity contribution in [2.24, 2.45) is 5.41 Å². The molecule has 0 spiro atoms. The minimum Gasteiger partial charge on any atom is -0.343 e. The highest BCUT2D eigenvalue weighted by Gasteiger charge is 2.37. The monoisotopic (exact) mass is 270 g/mol. The summed E-state index contributed by atoms with van der Waals surface area (Å²) < 4.78 is 0. The molecule has 3 heteroatoms. The maximum atomic E-state index is 12.5. The summed E-state index contributed by atoms with van der Waals surface area (Å²) in [5, 5.41) is 3.61. The van der Waals surface area contributed by atoms with Crippen LogP contribution in [0.15, 0.2) is 0 Å². The summed E-state index contributed by atoms with van der Waals surface area (Å²) in [4.78, 5) is 14.4. The average molecular weight is 270 g/mol. The molecule has 0 aliphatic carbocycles. The Morgan fingerprint density at radius 2 is 1.63 bits per heavy atom. The average Bonchev–Trinajstić information content (AvgIpc) is 2.24. The smallest absolute Gasteiger partial charge is 0.228 e. The lowest BCUT2D eigenvalue weighted by Gasteiger charge is -2.39. The molecule has 0 rings (SSSR count). The van der Waals surface area contributed by atoms with Gasteiger partial charge < -0.3 is 10.2 Å². The predicted octanol–water partition coefficient (Wildman–Crippen LogP) is 3.44. The zero-order chi connectivity index (χ0) is 15.4. The molecule has 0 heterocycles. The van der Waals surface area contributed by atoms with E-state index in [1.807, 2.05) is 25.8 Å². The van der Waals surface area contributed by atoms with Crippen molar-refractivity contribution >= 4 is 5.91 Å². The molecule has 1 amide bonds. The lowest BCUT2D eigenvalue weighted by Crippen LogP contribution is -2.51. The van der Waals surface area contributed by atoms with E-state index in [9.17, 15) is 4.79 Å². The molecule has 19 heavy (non-hydrogen) atoms. The zero-order valence-corrected chi connectivity index (χ0v) is 14.4. The van der Waals surface area contributed by atoms with E-state index in [1.165, 1.54) is 0 Å². The lowest BCUT2D eigenvalue weighted by molar-refractivity contribution is -0.141. The quantitative estimate of drug-likeness (QED) is 0.768. The van der Waals surface area contributed by atoms with Gasteiger partial charge in [-0.25, -0.2) is 0 Å². The Morgan fingerprint density at radius 1 is 1.16 bits per heavy atom. The van der Waals surface area contributed by atoms with E-state index >= 15 is 0 Å². The van der Waals surface area contributed by atoms with Crippen molar-refractivity contribution in [2.45, 2.75) is 85.9 Å². The molecule has 0 saturated carbocycles. The maximum Gasteiger partial charge on any atom is 0.228 e. The minimum atomic E-state index is -0.344. The van der Waals surface area contributed by atoms with Crippen LogP contribution in [0.5, 0.6) is 0 Å². The molecule has 0 radical (unpaired) electrons. The van der Waals surface area contributed by atoms with Crippen LogP contribution in [0.25, 0.3) is 0 Å². The Balaban J connectivity index is 4.79. The topological polar surface area (TPSA) is 32.3 Å². The third-order valence-electron chi connectivity index (χ3n) is 3.81. The van der Waals surface area contributed by atoms with Crippen molar-refractivity contribution in [1.82, 2.24) is 10.2 Å². The third kappa shape index (κ3) is 5.94. The van der Waals surface area contributed by atoms with Crippen LogP contribution in [0.2, 0.25) is 0 Å². The van der Waals surface area contributed by atoms with Crippen LogP contribution in [-0.4, -0.2) is 35.5 Å². The van der Waals surface area contributed by atoms with Gasteiger partial charge in [-0.05, 0) is 47.5 Å². The van der Waals surface area contributed by atoms with Crippen molar-refractivity contribution < 1.29 is 4.79 Å². The first-order valence-electron chi connectivity index (χ1n) is 7.48. The minimum absolute atomic E-state index is 0.0353. The fraction of sp³-hybridized carbons (Fsp3) is 0.938. The summed E-state index contributed by atoms with van der Waals surface area (Å²) in [6.45, 7) is 16.9. The van der Waals surface area contributed by atoms with Gasteiger partial charge in [0.1, 0.15) is 0 Å². The molecule has 3 nitrogen and oxygen atoms in total. The molecule has 1 unspecified atom stereocenters. The summed E-state index contributed by atoms with van der Waals surface area (Å²) in [6, 6.07) is 0.723. The van der Waals surface area contributed by atoms with Crippen LogP contribution < -0.4 is 5.32 Å². The van der Waals surface area contributed by atoms with Gasteiger partial charge in [-0.15, -0.1) is 0 Å². The number of carbonyl (C=O) groups excluding carboxylic acids is 1. The van der Waals surface area contributed by atoms with Gasteiger partial charge in [0.15, 0.2) is 0 Å². The second kappa shape index (κ2) is 6.74. The Kier molecular flexibility index (Phi) is 6.53. The summed E-state index contributed by atoms with van der Waals surface area (Å²) in [6.07, 6.45) is 1.93. The van der Waals surface area contributed by atoms with Crippen LogP contribution in [0.3, 0.4) is 0 Å². The van der Waals surface area contributed by atoms with Gasteiger partial charge in [-0.3, -0.25) is 4.79 Å². The summed E-state index contributed by atoms with van der Waals surface area (Å²) in [5.74, 6) is 0.224. The summed E-state index contributed by atoms with van der Waals surface area (Å²) in [7, 11) is 1.89. The first kappa shape index (κ1) is 18.4. The fourth-order valence-electron chi connectivity index (χ4n) is 2.71. The molecule has 0 aromatic rings. The predicted molar refractivity (Wildman–Crippen MR) is 83.3 cm³/mol. The highest BCUT2D eigenvalue weighted by atomic mass is 16.2. The number of nitrogens with one attached hydrogen (secondary N) is 1. The number of hydrogen-bond donors (Lipinski definition) is 1. The van der Waals surface area contributed by atoms with Crippen LogP contribution in [0.4, 0.5) is 0 Å². The molecule has 0 aromatic carbocycles. The van der Waals surface area contributed by atoms with Crippen molar-refractivity contribution in [3.63, 3.8) is 0 Å². The molecule has 114 valence electrons. The van der Waals surface area contributed by atoms with E-state index in [0.29, 0.717) is 6.04 Å². The third-order valence-corrected chi connectivity index (χ3v) is 3.81. The molecular weight excluding hydrogens is 236 g/mol. The highest BCUT2D eigenvalue weighted by Crippen LogP contribution is 2.30. The van der Waals surface area contributed by atoms with Gasteiger partial charge >= 0.3 is 0 Å². The lowest BCUT2D eigenvalue weighted by atomic mass is 9.78. The molecule has 1 N–H and O–H groups in total. The Labute approximate surface area is 120 Å². The first-order chi connectivity index (χ1) is 8.43. The molecule has 1 atom stereocenters. The number of hydrogen-bond acceptors (Lipinski definition) is 2. The van der Waals surface area contributed by atoms with Crippen molar-refractivity contribution in [3.05, 3.63) is 0 Å². The van der Waals surface area contributed by atoms with Gasteiger partial charge in [0.25, 0.3) is 0 Å². The van der Waals surface area contributed by atoms with E-state index < -0.39 is 0 Å². The van der Waals surface area contributed by atoms with Gasteiger partial charge in [0.2, 0.25) is 5.91 Å². The molecule has 0 saturated heterocycles. The molecule has 0 aliphatic rings. The molecular formula is C16H34N2O. The van der Waals surface area contributed by atoms with Crippen molar-refractivity contribution in [3.8, 4) is 0 Å². The Hall–Kier alpha value is -0.570. The van der Waals surface area contributed by atoms with Crippen molar-refractivity contribution in [2.75, 3.05) is 7.05 Å². The second-order valence-corrected chi connectivity index (χ2v) is 7.41. The number of amides is 1. The fourth-order valence-corrected chi connectivity index (χ4v) is 2.71. The van der Waals surface area contributed by atoms with E-state index in [0.717, 1.165) is 12.8 Å². The standard InChI is InChI=1S/C16H34N2O/c1-10-13(4)17-16(7,8)11-15(5,6)14(19)18(9)12(2)3/h12-13,17H,10-11H2,1-9H3. The largest absolute Gasteiger partial charge is 0.343 e. The SMILES string of the molecule is CCC(C)NC(C)(C)CC(C)(C)C(=O)N(C)C(C)C. The first-order valence-corrected chi connectivity index (χ1v) is 7.48. The number of nitrogens with zero attached hydrogens (tertiary/aromatic N) is 1. The maximum absolute atomic E-state index is 12.5. The zero-order valence-electron chi connectivity index (χ0n) is 14.4. The number of rotatable bonds is 7. The van der Waals surface area contributed by atoms with Crippen LogP contribution in [-0.2, 0) is 4.79 Å². The van der Waals surface area contributed by atoms with E-state index in [1.54, 1.807) is 0 Å². The van der Waals surface area contributed by atoms with Gasteiger partial charge in [0, 0.05) is 30.1 Å². The van der Waals surface area contributed by atoms with Crippen LogP contribution in [0.1, 0.15) is 68.2 Å². The molecule has 0 bridgehead atoms. The van der Waals surface area contributed by atoms with E-state index in [4.69, 9.17) is 0 Å². The van der Waals surface area contributed by atoms with Gasteiger partial charge in [-0.1, -0.05) is 20.8 Å². The van der Waals surface area contributed by atoms with Gasteiger partial charge in [0.05, 0.1) is 0 Å². The van der Waals surface area contributed by atoms with E-state index in [-0.39, 0.29) is 22.9 Å². The summed E-state index contributed by atoms with van der Waals surface area (Å²) >= 11 is 0. The Bertz CT molecular complexity index is 295. The normalized spacial score (nSPS) is 14.6. The van der Waals surface area contributed by atoms with Crippen LogP contribution >= 0.6 is 0 Å². The highest BCUT2D eigenvalue weighted by molar-refractivity contribution is 5.82. The Morgan fingerprint density at radius 3 is 2.00 bits per heavy atom. The second-order valence-electron chi connectivity index (χ2n) is 7.41. The summed E-state index contributed by atoms with van der Waals surface area (Å²) in [5.41, 5.74) is -0.380. The molecule has 0 aromatic heterocycles.